The van der Waals surface area contributed by atoms with Crippen LogP contribution in [0.4, 0.5) is 3.89 Å². The van der Waals surface area contributed by atoms with Crippen LogP contribution in [-0.2, 0) is 15.0 Å². The zero-order valence-electron chi connectivity index (χ0n) is 8.20. The molecule has 0 amide bonds. The number of halogens is 1. The van der Waals surface area contributed by atoms with Gasteiger partial charge >= 0.3 is 16.2 Å². The topological polar surface area (TPSA) is 76.2 Å². The number of H-pyrrole nitrogens is 1. The number of hydrogen-bond donors (Lipinski definition) is 1. The molecule has 0 bridgehead atoms. The zero-order chi connectivity index (χ0) is 11.6. The van der Waals surface area contributed by atoms with E-state index in [0.717, 1.165) is 6.20 Å². The van der Waals surface area contributed by atoms with Crippen molar-refractivity contribution in [1.29, 1.82) is 0 Å². The van der Waals surface area contributed by atoms with Crippen molar-refractivity contribution in [3.05, 3.63) is 17.3 Å². The summed E-state index contributed by atoms with van der Waals surface area (Å²) in [5.41, 5.74) is 0.0454. The molecular formula is C8H10FNO4S. The molecule has 0 aliphatic rings. The molecule has 0 unspecified atom stereocenters. The van der Waals surface area contributed by atoms with Crippen LogP contribution in [0.15, 0.2) is 11.2 Å². The molecule has 0 fully saturated rings. The lowest BCUT2D eigenvalue weighted by molar-refractivity contribution is 0.0525. The summed E-state index contributed by atoms with van der Waals surface area (Å²) in [6, 6.07) is 0. The lowest BCUT2D eigenvalue weighted by atomic mass is 10.2. The van der Waals surface area contributed by atoms with E-state index in [1.807, 2.05) is 0 Å². The number of carbonyl (C=O) groups excluding carboxylic acids is 1. The van der Waals surface area contributed by atoms with Crippen LogP contribution in [0.2, 0.25) is 0 Å². The van der Waals surface area contributed by atoms with Crippen molar-refractivity contribution in [1.82, 2.24) is 4.98 Å². The quantitative estimate of drug-likeness (QED) is 0.630. The second kappa shape index (κ2) is 4.01. The Hall–Kier alpha value is -1.37. The minimum atomic E-state index is -4.82. The average Bonchev–Trinajstić information content (AvgIpc) is 2.46. The summed E-state index contributed by atoms with van der Waals surface area (Å²) in [5.74, 6) is -0.679. The second-order valence-electron chi connectivity index (χ2n) is 2.81. The first-order valence-electron chi connectivity index (χ1n) is 4.17. The summed E-state index contributed by atoms with van der Waals surface area (Å²) in [7, 11) is -4.82. The number of nitrogens with one attached hydrogen (secondary N) is 1. The van der Waals surface area contributed by atoms with Crippen LogP contribution < -0.4 is 0 Å². The molecule has 7 heteroatoms. The van der Waals surface area contributed by atoms with Gasteiger partial charge in [0.1, 0.15) is 0 Å². The third kappa shape index (κ3) is 2.35. The van der Waals surface area contributed by atoms with Crippen LogP contribution in [0.3, 0.4) is 0 Å². The van der Waals surface area contributed by atoms with Gasteiger partial charge in [-0.05, 0) is 13.8 Å². The predicted molar refractivity (Wildman–Crippen MR) is 49.8 cm³/mol. The molecule has 1 rings (SSSR count). The van der Waals surface area contributed by atoms with E-state index in [9.17, 15) is 17.1 Å². The Morgan fingerprint density at radius 1 is 1.60 bits per heavy atom. The van der Waals surface area contributed by atoms with Crippen molar-refractivity contribution in [2.45, 2.75) is 18.9 Å². The summed E-state index contributed by atoms with van der Waals surface area (Å²) < 4.78 is 38.5. The van der Waals surface area contributed by atoms with Gasteiger partial charge in [-0.1, -0.05) is 3.89 Å². The highest BCUT2D eigenvalue weighted by Gasteiger charge is 2.23. The van der Waals surface area contributed by atoms with E-state index in [2.05, 4.69) is 9.72 Å². The molecule has 0 radical (unpaired) electrons. The van der Waals surface area contributed by atoms with Crippen molar-refractivity contribution in [2.75, 3.05) is 6.61 Å². The van der Waals surface area contributed by atoms with Crippen molar-refractivity contribution in [3.63, 3.8) is 0 Å². The van der Waals surface area contributed by atoms with Gasteiger partial charge in [0, 0.05) is 11.8 Å². The molecule has 0 saturated carbocycles. The summed E-state index contributed by atoms with van der Waals surface area (Å²) in [6.07, 6.45) is 1.11. The van der Waals surface area contributed by atoms with Crippen molar-refractivity contribution >= 4 is 16.2 Å². The lowest BCUT2D eigenvalue weighted by Gasteiger charge is -1.99. The highest BCUT2D eigenvalue weighted by atomic mass is 32.3. The Balaban J connectivity index is 3.16. The van der Waals surface area contributed by atoms with Gasteiger partial charge in [-0.25, -0.2) is 4.79 Å². The van der Waals surface area contributed by atoms with Crippen LogP contribution in [0, 0.1) is 6.92 Å². The fourth-order valence-corrected chi connectivity index (χ4v) is 1.83. The maximum absolute atomic E-state index is 12.6. The number of carbonyl (C=O) groups is 1. The first kappa shape index (κ1) is 11.7. The number of aromatic nitrogens is 1. The fourth-order valence-electron chi connectivity index (χ4n) is 1.15. The number of ether oxygens (including phenoxy) is 1. The molecule has 0 aliphatic carbocycles. The van der Waals surface area contributed by atoms with Gasteiger partial charge in [0.15, 0.2) is 5.03 Å². The van der Waals surface area contributed by atoms with E-state index in [0.29, 0.717) is 0 Å². The standard InChI is InChI=1S/C8H10FNO4S/c1-3-14-8(11)6-4-10-7(5(6)2)15(9,12)13/h4,10H,3H2,1-2H3. The minimum Gasteiger partial charge on any atom is -0.462 e. The third-order valence-corrected chi connectivity index (χ3v) is 2.74. The molecule has 1 aromatic heterocycles. The van der Waals surface area contributed by atoms with Crippen molar-refractivity contribution in [2.24, 2.45) is 0 Å². The number of rotatable bonds is 3. The Labute approximate surface area is 86.5 Å². The molecule has 15 heavy (non-hydrogen) atoms. The monoisotopic (exact) mass is 235 g/mol. The predicted octanol–water partition coefficient (Wildman–Crippen LogP) is 1.16. The highest BCUT2D eigenvalue weighted by molar-refractivity contribution is 7.86. The van der Waals surface area contributed by atoms with Crippen LogP contribution in [0.5, 0.6) is 0 Å². The van der Waals surface area contributed by atoms with Gasteiger partial charge in [0.05, 0.1) is 12.2 Å². The maximum atomic E-state index is 12.6. The largest absolute Gasteiger partial charge is 0.462 e. The first-order valence-corrected chi connectivity index (χ1v) is 5.56. The maximum Gasteiger partial charge on any atom is 0.347 e. The molecule has 0 aliphatic heterocycles. The van der Waals surface area contributed by atoms with Crippen LogP contribution in [-0.4, -0.2) is 26.0 Å². The number of hydrogen-bond acceptors (Lipinski definition) is 4. The molecule has 0 saturated heterocycles. The van der Waals surface area contributed by atoms with Crippen molar-refractivity contribution in [3.8, 4) is 0 Å². The Bertz CT molecular complexity index is 477. The molecule has 0 atom stereocenters. The van der Waals surface area contributed by atoms with E-state index < -0.39 is 21.2 Å². The van der Waals surface area contributed by atoms with Crippen LogP contribution in [0.25, 0.3) is 0 Å². The molecular weight excluding hydrogens is 225 g/mol. The SMILES string of the molecule is CCOC(=O)c1c[nH]c(S(=O)(=O)F)c1C. The van der Waals surface area contributed by atoms with Gasteiger partial charge in [-0.15, -0.1) is 0 Å². The first-order chi connectivity index (χ1) is 6.88. The molecule has 84 valence electrons. The molecule has 1 N–H and O–H groups in total. The second-order valence-corrected chi connectivity index (χ2v) is 4.10. The Kier molecular flexibility index (Phi) is 3.13. The van der Waals surface area contributed by atoms with Gasteiger partial charge in [0.2, 0.25) is 0 Å². The van der Waals surface area contributed by atoms with E-state index in [-0.39, 0.29) is 17.7 Å². The molecule has 5 nitrogen and oxygen atoms in total. The van der Waals surface area contributed by atoms with Gasteiger partial charge in [0.25, 0.3) is 0 Å². The number of aromatic amines is 1. The summed E-state index contributed by atoms with van der Waals surface area (Å²) in [6.45, 7) is 3.11. The van der Waals surface area contributed by atoms with Crippen LogP contribution in [0.1, 0.15) is 22.8 Å². The minimum absolute atomic E-state index is 0.0214. The summed E-state index contributed by atoms with van der Waals surface area (Å²) >= 11 is 0. The molecule has 0 spiro atoms. The van der Waals surface area contributed by atoms with Gasteiger partial charge in [-0.2, -0.15) is 8.42 Å². The summed E-state index contributed by atoms with van der Waals surface area (Å²) in [4.78, 5) is 13.4. The van der Waals surface area contributed by atoms with Gasteiger partial charge < -0.3 is 9.72 Å². The zero-order valence-corrected chi connectivity index (χ0v) is 9.02. The van der Waals surface area contributed by atoms with Crippen LogP contribution >= 0.6 is 0 Å². The normalized spacial score (nSPS) is 11.4. The third-order valence-electron chi connectivity index (χ3n) is 1.83. The smallest absolute Gasteiger partial charge is 0.347 e. The van der Waals surface area contributed by atoms with E-state index >= 15 is 0 Å². The van der Waals surface area contributed by atoms with E-state index in [1.165, 1.54) is 6.92 Å². The lowest BCUT2D eigenvalue weighted by Crippen LogP contribution is -2.05. The Morgan fingerprint density at radius 3 is 2.60 bits per heavy atom. The average molecular weight is 235 g/mol. The van der Waals surface area contributed by atoms with Crippen molar-refractivity contribution < 1.29 is 21.8 Å². The Morgan fingerprint density at radius 2 is 2.20 bits per heavy atom. The van der Waals surface area contributed by atoms with E-state index in [4.69, 9.17) is 0 Å². The molecule has 1 heterocycles. The molecule has 0 aromatic carbocycles. The summed E-state index contributed by atoms with van der Waals surface area (Å²) in [5, 5.41) is -0.606. The highest BCUT2D eigenvalue weighted by Crippen LogP contribution is 2.20. The van der Waals surface area contributed by atoms with E-state index in [1.54, 1.807) is 6.92 Å². The van der Waals surface area contributed by atoms with Gasteiger partial charge in [-0.3, -0.25) is 0 Å². The number of esters is 1. The fraction of sp³-hybridized carbons (Fsp3) is 0.375. The molecule has 1 aromatic rings.